The summed E-state index contributed by atoms with van der Waals surface area (Å²) in [5.41, 5.74) is -0.0579. The fourth-order valence-corrected chi connectivity index (χ4v) is 4.35. The maximum Gasteiger partial charge on any atom is 0.332 e. The number of hydrogen-bond donors (Lipinski definition) is 3. The third-order valence-electron chi connectivity index (χ3n) is 6.23. The third kappa shape index (κ3) is 10.7. The van der Waals surface area contributed by atoms with E-state index in [-0.39, 0.29) is 68.5 Å². The van der Waals surface area contributed by atoms with Gasteiger partial charge in [0, 0.05) is 18.7 Å². The van der Waals surface area contributed by atoms with Gasteiger partial charge in [0.1, 0.15) is 18.2 Å². The summed E-state index contributed by atoms with van der Waals surface area (Å²) in [7, 11) is 0. The first-order chi connectivity index (χ1) is 21.0. The number of amides is 5. The zero-order valence-corrected chi connectivity index (χ0v) is 25.2. The molecule has 0 aromatic heterocycles. The molecule has 15 nitrogen and oxygen atoms in total. The van der Waals surface area contributed by atoms with Crippen LogP contribution >= 0.6 is 0 Å². The number of fused-ring (bicyclic) bond motifs is 1. The molecule has 15 heteroatoms. The third-order valence-corrected chi connectivity index (χ3v) is 6.23. The van der Waals surface area contributed by atoms with E-state index in [2.05, 4.69) is 16.0 Å². The van der Waals surface area contributed by atoms with Crippen molar-refractivity contribution in [3.8, 4) is 0 Å². The maximum absolute atomic E-state index is 13.1. The minimum absolute atomic E-state index is 0.0257. The lowest BCUT2D eigenvalue weighted by molar-refractivity contribution is -0.160. The molecule has 44 heavy (non-hydrogen) atoms. The average Bonchev–Trinajstić information content (AvgIpc) is 3.21. The first-order valence-electron chi connectivity index (χ1n) is 14.4. The molecule has 0 saturated carbocycles. The van der Waals surface area contributed by atoms with Crippen LogP contribution in [0.5, 0.6) is 0 Å². The van der Waals surface area contributed by atoms with Gasteiger partial charge in [0.25, 0.3) is 11.8 Å². The molecule has 2 aliphatic rings. The van der Waals surface area contributed by atoms with Gasteiger partial charge in [-0.2, -0.15) is 0 Å². The standard InChI is InChI=1S/C29H40N4O11/c1-29(2,3)44-24(36)18-43-16-15-42-14-13-41-12-11-40-10-9-30-23(35)17-31-20-6-4-5-19-25(20)28(39)33(27(19)38)21-7-8-22(34)32-26(21)37/h4-6,21,31H,7-18H2,1-3H3,(H,30,35)(H,32,34,37). The predicted octanol–water partition coefficient (Wildman–Crippen LogP) is 0.0240. The van der Waals surface area contributed by atoms with E-state index >= 15 is 0 Å². The molecule has 1 atom stereocenters. The van der Waals surface area contributed by atoms with Crippen LogP contribution in [-0.2, 0) is 42.9 Å². The summed E-state index contributed by atoms with van der Waals surface area (Å²) in [4.78, 5) is 74.4. The Morgan fingerprint density at radius 3 is 2.18 bits per heavy atom. The van der Waals surface area contributed by atoms with Crippen molar-refractivity contribution in [1.29, 1.82) is 0 Å². The molecule has 2 heterocycles. The smallest absolute Gasteiger partial charge is 0.332 e. The van der Waals surface area contributed by atoms with E-state index in [9.17, 15) is 28.8 Å². The number of piperidine rings is 1. The molecule has 242 valence electrons. The van der Waals surface area contributed by atoms with E-state index in [1.165, 1.54) is 6.07 Å². The zero-order chi connectivity index (χ0) is 32.1. The lowest BCUT2D eigenvalue weighted by Crippen LogP contribution is -2.54. The summed E-state index contributed by atoms with van der Waals surface area (Å²) in [5.74, 6) is -3.20. The lowest BCUT2D eigenvalue weighted by Gasteiger charge is -2.27. The molecule has 5 amide bonds. The number of ether oxygens (including phenoxy) is 5. The Morgan fingerprint density at radius 2 is 1.55 bits per heavy atom. The van der Waals surface area contributed by atoms with Crippen molar-refractivity contribution in [3.05, 3.63) is 29.3 Å². The van der Waals surface area contributed by atoms with E-state index in [1.54, 1.807) is 32.9 Å². The molecule has 3 rings (SSSR count). The van der Waals surface area contributed by atoms with Gasteiger partial charge in [-0.1, -0.05) is 6.07 Å². The number of esters is 1. The number of carbonyl (C=O) groups excluding carboxylic acids is 6. The summed E-state index contributed by atoms with van der Waals surface area (Å²) in [6.07, 6.45) is 0.0810. The van der Waals surface area contributed by atoms with Crippen molar-refractivity contribution >= 4 is 41.2 Å². The van der Waals surface area contributed by atoms with Crippen molar-refractivity contribution in [2.24, 2.45) is 0 Å². The molecule has 1 aromatic carbocycles. The van der Waals surface area contributed by atoms with Crippen molar-refractivity contribution < 1.29 is 52.5 Å². The Hall–Kier alpha value is -3.92. The summed E-state index contributed by atoms with van der Waals surface area (Å²) in [6, 6.07) is 3.55. The minimum atomic E-state index is -1.07. The molecule has 0 spiro atoms. The number of anilines is 1. The van der Waals surface area contributed by atoms with Gasteiger partial charge in [0.2, 0.25) is 17.7 Å². The quantitative estimate of drug-likeness (QED) is 0.114. The van der Waals surface area contributed by atoms with Crippen LogP contribution in [0.3, 0.4) is 0 Å². The van der Waals surface area contributed by atoms with Crippen LogP contribution in [0.1, 0.15) is 54.3 Å². The molecule has 3 N–H and O–H groups in total. The van der Waals surface area contributed by atoms with Crippen molar-refractivity contribution in [2.75, 3.05) is 71.3 Å². The second-order valence-electron chi connectivity index (χ2n) is 10.9. The van der Waals surface area contributed by atoms with Crippen LogP contribution in [0, 0.1) is 0 Å². The SMILES string of the molecule is CC(C)(C)OC(=O)COCCOCCOCCOCCNC(=O)CNc1cccc2c1C(=O)N(C1CCC(=O)NC1=O)C2=O. The second kappa shape index (κ2) is 16.8. The van der Waals surface area contributed by atoms with E-state index < -0.39 is 41.2 Å². The zero-order valence-electron chi connectivity index (χ0n) is 25.2. The molecule has 1 fully saturated rings. The summed E-state index contributed by atoms with van der Waals surface area (Å²) >= 11 is 0. The largest absolute Gasteiger partial charge is 0.458 e. The molecule has 1 aromatic rings. The highest BCUT2D eigenvalue weighted by molar-refractivity contribution is 6.25. The van der Waals surface area contributed by atoms with E-state index in [4.69, 9.17) is 23.7 Å². The van der Waals surface area contributed by atoms with Gasteiger partial charge in [0.15, 0.2) is 0 Å². The summed E-state index contributed by atoms with van der Waals surface area (Å²) in [6.45, 7) is 7.54. The fraction of sp³-hybridized carbons (Fsp3) is 0.586. The predicted molar refractivity (Wildman–Crippen MR) is 154 cm³/mol. The number of rotatable bonds is 18. The highest BCUT2D eigenvalue weighted by Gasteiger charge is 2.45. The normalized spacial score (nSPS) is 16.5. The fourth-order valence-electron chi connectivity index (χ4n) is 4.35. The first-order valence-corrected chi connectivity index (χ1v) is 14.4. The Balaban J connectivity index is 1.23. The van der Waals surface area contributed by atoms with Crippen LogP contribution in [0.25, 0.3) is 0 Å². The molecule has 1 unspecified atom stereocenters. The number of nitrogens with zero attached hydrogens (tertiary/aromatic N) is 1. The number of nitrogens with one attached hydrogen (secondary N) is 3. The van der Waals surface area contributed by atoms with Crippen LogP contribution in [0.2, 0.25) is 0 Å². The molecule has 0 bridgehead atoms. The molecular weight excluding hydrogens is 580 g/mol. The van der Waals surface area contributed by atoms with Gasteiger partial charge >= 0.3 is 5.97 Å². The van der Waals surface area contributed by atoms with Crippen LogP contribution in [-0.4, -0.2) is 118 Å². The van der Waals surface area contributed by atoms with Crippen LogP contribution < -0.4 is 16.0 Å². The number of hydrogen-bond acceptors (Lipinski definition) is 12. The average molecular weight is 621 g/mol. The maximum atomic E-state index is 13.1. The lowest BCUT2D eigenvalue weighted by atomic mass is 10.0. The summed E-state index contributed by atoms with van der Waals surface area (Å²) in [5, 5.41) is 7.73. The Labute approximate surface area is 255 Å². The summed E-state index contributed by atoms with van der Waals surface area (Å²) < 4.78 is 26.5. The number of benzene rings is 1. The number of carbonyl (C=O) groups is 6. The first kappa shape index (κ1) is 34.6. The Morgan fingerprint density at radius 1 is 0.909 bits per heavy atom. The monoisotopic (exact) mass is 620 g/mol. The van der Waals surface area contributed by atoms with E-state index in [0.717, 1.165) is 4.90 Å². The van der Waals surface area contributed by atoms with Gasteiger partial charge in [-0.15, -0.1) is 0 Å². The van der Waals surface area contributed by atoms with E-state index in [1.807, 2.05) is 0 Å². The highest BCUT2D eigenvalue weighted by Crippen LogP contribution is 2.32. The van der Waals surface area contributed by atoms with Gasteiger partial charge in [0.05, 0.1) is 63.9 Å². The van der Waals surface area contributed by atoms with Crippen LogP contribution in [0.15, 0.2) is 18.2 Å². The number of imide groups is 2. The Bertz CT molecular complexity index is 1210. The van der Waals surface area contributed by atoms with Gasteiger partial charge in [-0.3, -0.25) is 34.2 Å². The molecule has 2 aliphatic heterocycles. The van der Waals surface area contributed by atoms with Crippen molar-refractivity contribution in [2.45, 2.75) is 45.3 Å². The van der Waals surface area contributed by atoms with Gasteiger partial charge < -0.3 is 34.3 Å². The Kier molecular flexibility index (Phi) is 13.2. The van der Waals surface area contributed by atoms with Crippen molar-refractivity contribution in [1.82, 2.24) is 15.5 Å². The van der Waals surface area contributed by atoms with Crippen molar-refractivity contribution in [3.63, 3.8) is 0 Å². The topological polar surface area (TPSA) is 188 Å². The second-order valence-corrected chi connectivity index (χ2v) is 10.9. The highest BCUT2D eigenvalue weighted by atomic mass is 16.6. The minimum Gasteiger partial charge on any atom is -0.458 e. The molecule has 1 saturated heterocycles. The van der Waals surface area contributed by atoms with Gasteiger partial charge in [-0.25, -0.2) is 4.79 Å². The van der Waals surface area contributed by atoms with Gasteiger partial charge in [-0.05, 0) is 39.3 Å². The van der Waals surface area contributed by atoms with Crippen LogP contribution in [0.4, 0.5) is 5.69 Å². The van der Waals surface area contributed by atoms with E-state index in [0.29, 0.717) is 33.0 Å². The molecule has 0 radical (unpaired) electrons. The molecular formula is C29H40N4O11. The molecule has 0 aliphatic carbocycles.